The zero-order valence-corrected chi connectivity index (χ0v) is 79.4. The number of carboxylic acids is 4. The van der Waals surface area contributed by atoms with Crippen molar-refractivity contribution in [2.45, 2.75) is 339 Å². The second-order valence-corrected chi connectivity index (χ2v) is 36.2. The van der Waals surface area contributed by atoms with Crippen LogP contribution >= 0.6 is 0 Å². The number of aliphatic hydroxyl groups excluding tert-OH is 13. The lowest BCUT2D eigenvalue weighted by molar-refractivity contribution is -0.392. The molecule has 0 radical (unpaired) electrons. The van der Waals surface area contributed by atoms with Crippen LogP contribution in [0.2, 0.25) is 0 Å². The van der Waals surface area contributed by atoms with Gasteiger partial charge in [0, 0.05) is 66.3 Å². The number of ether oxygens (including phenoxy) is 10. The van der Waals surface area contributed by atoms with Gasteiger partial charge in [0.05, 0.1) is 57.2 Å². The van der Waals surface area contributed by atoms with Crippen LogP contribution in [0.3, 0.4) is 0 Å². The molecular formula is C88H130N12O44. The third kappa shape index (κ3) is 31.9. The third-order valence-electron chi connectivity index (χ3n) is 24.6. The van der Waals surface area contributed by atoms with Crippen molar-refractivity contribution < 1.29 is 216 Å². The monoisotopic (exact) mass is 2060 g/mol. The Morgan fingerprint density at radius 3 is 1.60 bits per heavy atom. The molecule has 8 rings (SSSR count). The van der Waals surface area contributed by atoms with Gasteiger partial charge in [-0.05, 0) is 75.1 Å². The third-order valence-corrected chi connectivity index (χ3v) is 24.6. The quantitative estimate of drug-likeness (QED) is 0.0292. The van der Waals surface area contributed by atoms with Gasteiger partial charge >= 0.3 is 23.9 Å². The Morgan fingerprint density at radius 1 is 0.514 bits per heavy atom. The fraction of sp³-hybridized carbons (Fsp3) is 0.682. The maximum atomic E-state index is 15.2. The second-order valence-electron chi connectivity index (χ2n) is 36.2. The lowest BCUT2D eigenvalue weighted by Gasteiger charge is -2.52. The fourth-order valence-corrected chi connectivity index (χ4v) is 17.2. The number of nitrogens with one attached hydrogen (secondary N) is 10. The van der Waals surface area contributed by atoms with E-state index in [-0.39, 0.29) is 44.4 Å². The predicted molar refractivity (Wildman–Crippen MR) is 476 cm³/mol. The van der Waals surface area contributed by atoms with Crippen LogP contribution < -0.4 is 58.9 Å². The molecule has 6 heterocycles. The molecule has 0 unspecified atom stereocenters. The molecule has 0 spiro atoms. The van der Waals surface area contributed by atoms with Crippen LogP contribution in [0.15, 0.2) is 54.6 Å². The topological polar surface area (TPSA) is 879 Å². The van der Waals surface area contributed by atoms with Gasteiger partial charge < -0.3 is 203 Å². The molecule has 12 amide bonds. The molecule has 0 aromatic heterocycles. The van der Waals surface area contributed by atoms with E-state index in [0.717, 1.165) is 39.5 Å². The number of amides is 12. The molecule has 56 nitrogen and oxygen atoms in total. The highest BCUT2D eigenvalue weighted by Gasteiger charge is 2.62. The first-order valence-corrected chi connectivity index (χ1v) is 46.1. The number of hydrogen-bond acceptors (Lipinski definition) is 40. The van der Waals surface area contributed by atoms with E-state index in [9.17, 15) is 159 Å². The molecule has 6 aliphatic heterocycles. The minimum Gasteiger partial charge on any atom is -0.508 e. The number of benzene rings is 2. The minimum atomic E-state index is -3.35. The number of hydrogen-bond donors (Lipinski definition) is 29. The Morgan fingerprint density at radius 2 is 1.04 bits per heavy atom. The summed E-state index contributed by atoms with van der Waals surface area (Å²) in [6.07, 6.45) is -56.5. The molecule has 30 N–H and O–H groups in total. The van der Waals surface area contributed by atoms with Gasteiger partial charge in [0.1, 0.15) is 164 Å². The van der Waals surface area contributed by atoms with E-state index in [2.05, 4.69) is 53.2 Å². The van der Waals surface area contributed by atoms with Gasteiger partial charge in [-0.1, -0.05) is 56.3 Å². The molecule has 0 bridgehead atoms. The Kier molecular flexibility index (Phi) is 44.1. The van der Waals surface area contributed by atoms with Crippen LogP contribution in [-0.2, 0) is 137 Å². The summed E-state index contributed by atoms with van der Waals surface area (Å²) in [6, 6.07) is -6.71. The molecule has 6 saturated heterocycles. The first-order valence-electron chi connectivity index (χ1n) is 46.1. The maximum absolute atomic E-state index is 15.2. The van der Waals surface area contributed by atoms with Crippen molar-refractivity contribution in [1.29, 1.82) is 0 Å². The molecule has 2 aromatic carbocycles. The number of phenols is 1. The van der Waals surface area contributed by atoms with Crippen molar-refractivity contribution in [3.63, 3.8) is 0 Å². The van der Waals surface area contributed by atoms with E-state index in [4.69, 9.17) is 53.1 Å². The normalized spacial score (nSPS) is 30.6. The predicted octanol–water partition coefficient (Wildman–Crippen LogP) is -12.5. The Labute approximate surface area is 821 Å². The Hall–Kier alpha value is -11.2. The van der Waals surface area contributed by atoms with Gasteiger partial charge in [-0.3, -0.25) is 71.9 Å². The lowest BCUT2D eigenvalue weighted by atomic mass is 9.88. The molecule has 0 aliphatic carbocycles. The molecule has 56 heteroatoms. The summed E-state index contributed by atoms with van der Waals surface area (Å²) in [4.78, 5) is 219. The standard InChI is InChI=1S/C88H130N12O44/c1-34(2)25-49(98-78(128)47(26-41-13-10-9-11-14-41)96-79(129)48(28-58(115)116)97-77(127)46(90-37(5)104)27-42-16-18-43(108)19-17-42)82(132)100-24-12-15-50(100)80(130)95-45(21-23-57(113)114)76(126)99-59(81(131)94-44(75(89)125)20-22-56(111)112)35(3)136-84-61(92-39(7)106)67(121)65(119)55(140-84)33-135-83-62(93-40(8)107)73(142-85-69(123)68(122)63(117)36(4)137-85)71(54(32-103)139-83)141-86-70(124)74(66(120)53(31-102)138-86)144-88(87(133)134)29-51(109)60(91-38(6)105)72(143-88)64(118)52(110)30-101/h9-11,13-14,16-19,34-36,44-55,59-74,83-86,101-103,108-110,117-124H,12,15,20-33H2,1-8H3,(H2,89,125)(H,90,104)(H,91,105)(H,92,106)(H,93,107)(H,94,131)(H,95,130)(H,96,129)(H,97,127)(H,98,128)(H,99,126)(H,111,112)(H,113,114)(H,115,116)(H,133,134)/t35-,36+,44+,45+,46+,47+,48+,49+,50+,51+,52-,53-,54-,55-,59+,60-,61-,62-,63-,64-,65+,66+,67-,68-,69+,70-,71-,72-,73-,74+,83-,84+,85+,86+,88+/m1/s1. The van der Waals surface area contributed by atoms with Crippen LogP contribution in [0, 0.1) is 5.92 Å². The van der Waals surface area contributed by atoms with Crippen molar-refractivity contribution in [3.8, 4) is 5.75 Å². The number of nitrogens with two attached hydrogens (primary N) is 1. The zero-order valence-electron chi connectivity index (χ0n) is 79.4. The SMILES string of the molecule is CC(=O)N[C@H]1[C@@H](O[C@H](C)[C@H](NC(=O)[C@H](CCC(=O)O)NC(=O)[C@@H]2CCCN2C(=O)[C@H](CC(C)C)NC(=O)[C@H](Cc2ccccc2)NC(=O)[C@H](CC(=O)O)NC(=O)[C@H](Cc2ccc(O)cc2)NC(C)=O)C(=O)N[C@@H](CCC(=O)O)C(N)=O)O[C@H](CO[C@@H]2O[C@H](CO)[C@@H](O[C@@H]3O[C@H](CO)[C@H](O)[C@H](O[C@]4(C(=O)O)C[C@H](O)[C@@H](NC(C)=O)[C@H]([C@H](O)[C@H](O)CO)O4)[C@H]3O)[C@H](O[C@@H]3O[C@@H](C)[C@@H](O)[C@@H](O)[C@@H]3O)[C@H]2NC(C)=O)[C@H](O)[C@@H]1O. The molecular weight excluding hydrogens is 1930 g/mol. The van der Waals surface area contributed by atoms with Gasteiger partial charge in [0.15, 0.2) is 25.2 Å². The lowest BCUT2D eigenvalue weighted by Crippen LogP contribution is -2.71. The van der Waals surface area contributed by atoms with Crippen molar-refractivity contribution in [3.05, 3.63) is 65.7 Å². The number of phenolic OH excluding ortho intramolecular Hbond substituents is 1. The van der Waals surface area contributed by atoms with Crippen LogP contribution in [0.4, 0.5) is 0 Å². The van der Waals surface area contributed by atoms with Crippen LogP contribution in [0.1, 0.15) is 124 Å². The molecule has 0 saturated carbocycles. The highest BCUT2D eigenvalue weighted by Crippen LogP contribution is 2.41. The van der Waals surface area contributed by atoms with Crippen molar-refractivity contribution >= 4 is 94.8 Å². The maximum Gasteiger partial charge on any atom is 0.364 e. The highest BCUT2D eigenvalue weighted by atomic mass is 16.8. The van der Waals surface area contributed by atoms with Crippen LogP contribution in [0.5, 0.6) is 5.75 Å². The van der Waals surface area contributed by atoms with Gasteiger partial charge in [0.2, 0.25) is 70.9 Å². The average molecular weight is 2060 g/mol. The van der Waals surface area contributed by atoms with E-state index in [1.807, 2.05) is 0 Å². The number of nitrogens with zero attached hydrogens (tertiary/aromatic N) is 1. The number of likely N-dealkylation sites (tertiary alicyclic amines) is 1. The highest BCUT2D eigenvalue weighted by molar-refractivity contribution is 5.99. The molecule has 6 aliphatic rings. The molecule has 144 heavy (non-hydrogen) atoms. The molecule has 35 atom stereocenters. The molecule has 2 aromatic rings. The number of aliphatic carboxylic acids is 4. The summed E-state index contributed by atoms with van der Waals surface area (Å²) in [5.74, 6) is -24.0. The number of aromatic hydroxyl groups is 1. The minimum absolute atomic E-state index is 0.0605. The number of carbonyl (C=O) groups is 16. The van der Waals surface area contributed by atoms with E-state index in [0.29, 0.717) is 11.1 Å². The molecule has 806 valence electrons. The smallest absolute Gasteiger partial charge is 0.364 e. The van der Waals surface area contributed by atoms with Gasteiger partial charge in [-0.15, -0.1) is 0 Å². The number of primary amides is 1. The largest absolute Gasteiger partial charge is 0.508 e. The summed E-state index contributed by atoms with van der Waals surface area (Å²) in [5.41, 5.74) is 6.48. The van der Waals surface area contributed by atoms with E-state index >= 15 is 9.59 Å². The Balaban J connectivity index is 1.08. The van der Waals surface area contributed by atoms with E-state index < -0.39 is 379 Å². The van der Waals surface area contributed by atoms with Gasteiger partial charge in [0.25, 0.3) is 5.79 Å². The summed E-state index contributed by atoms with van der Waals surface area (Å²) >= 11 is 0. The zero-order chi connectivity index (χ0) is 107. The number of rotatable bonds is 50. The Bertz CT molecular complexity index is 4730. The number of carbonyl (C=O) groups excluding carboxylic acids is 12. The number of carboxylic acid groups (broad SMARTS) is 4. The fourth-order valence-electron chi connectivity index (χ4n) is 17.2. The van der Waals surface area contributed by atoms with Crippen molar-refractivity contribution in [2.24, 2.45) is 11.7 Å². The van der Waals surface area contributed by atoms with Crippen molar-refractivity contribution in [1.82, 2.24) is 58.1 Å². The summed E-state index contributed by atoms with van der Waals surface area (Å²) in [5, 5.41) is 221. The second kappa shape index (κ2) is 53.8. The van der Waals surface area contributed by atoms with Gasteiger partial charge in [-0.25, -0.2) is 4.79 Å². The van der Waals surface area contributed by atoms with E-state index in [1.54, 1.807) is 44.2 Å². The van der Waals surface area contributed by atoms with Crippen LogP contribution in [0.25, 0.3) is 0 Å². The first-order chi connectivity index (χ1) is 67.7. The van der Waals surface area contributed by atoms with E-state index in [1.165, 1.54) is 31.2 Å². The van der Waals surface area contributed by atoms with Crippen LogP contribution in [-0.4, -0.2) is 438 Å². The summed E-state index contributed by atoms with van der Waals surface area (Å²) in [7, 11) is 0. The summed E-state index contributed by atoms with van der Waals surface area (Å²) in [6.45, 7) is 4.25. The average Bonchev–Trinajstić information content (AvgIpc) is 0.906. The number of aliphatic hydroxyl groups is 13. The first kappa shape index (κ1) is 118. The molecule has 6 fully saturated rings. The van der Waals surface area contributed by atoms with Gasteiger partial charge in [-0.2, -0.15) is 0 Å². The summed E-state index contributed by atoms with van der Waals surface area (Å²) < 4.78 is 60.6. The van der Waals surface area contributed by atoms with Crippen molar-refractivity contribution in [2.75, 3.05) is 33.0 Å².